The quantitative estimate of drug-likeness (QED) is 0.462. The van der Waals surface area contributed by atoms with Crippen molar-refractivity contribution in [3.8, 4) is 5.75 Å². The van der Waals surface area contributed by atoms with Crippen LogP contribution in [0, 0.1) is 6.92 Å². The number of carbonyl (C=O) groups excluding carboxylic acids is 1. The molecule has 174 valence electrons. The van der Waals surface area contributed by atoms with Crippen molar-refractivity contribution in [2.24, 2.45) is 0 Å². The fraction of sp³-hybridized carbons (Fsp3) is 0.240. The Balaban J connectivity index is 1.82. The molecule has 7 nitrogen and oxygen atoms in total. The lowest BCUT2D eigenvalue weighted by Gasteiger charge is -2.14. The molecule has 0 aliphatic heterocycles. The first-order chi connectivity index (χ1) is 15.7. The molecule has 3 rings (SSSR count). The molecule has 0 heterocycles. The second-order valence-electron chi connectivity index (χ2n) is 7.80. The van der Waals surface area contributed by atoms with Crippen LogP contribution in [0.3, 0.4) is 0 Å². The van der Waals surface area contributed by atoms with Crippen molar-refractivity contribution in [2.45, 2.75) is 38.4 Å². The Morgan fingerprint density at radius 2 is 1.76 bits per heavy atom. The molecule has 0 aliphatic rings. The largest absolute Gasteiger partial charge is 0.495 e. The highest BCUT2D eigenvalue weighted by molar-refractivity contribution is 7.92. The Labute approximate surface area is 194 Å². The maximum atomic E-state index is 13.1. The zero-order valence-corrected chi connectivity index (χ0v) is 19.9. The van der Waals surface area contributed by atoms with E-state index in [1.54, 1.807) is 49.4 Å². The molecular weight excluding hydrogens is 440 g/mol. The van der Waals surface area contributed by atoms with Gasteiger partial charge in [-0.15, -0.1) is 0 Å². The normalized spacial score (nSPS) is 11.3. The van der Waals surface area contributed by atoms with E-state index in [1.807, 2.05) is 32.0 Å². The molecule has 0 aliphatic carbocycles. The Kier molecular flexibility index (Phi) is 7.73. The van der Waals surface area contributed by atoms with Crippen molar-refractivity contribution in [1.29, 1.82) is 0 Å². The van der Waals surface area contributed by atoms with Gasteiger partial charge in [0.2, 0.25) is 0 Å². The molecule has 0 bridgehead atoms. The number of ether oxygens (including phenoxy) is 2. The molecule has 3 aromatic carbocycles. The minimum Gasteiger partial charge on any atom is -0.495 e. The number of amides is 1. The molecule has 8 heteroatoms. The maximum Gasteiger partial charge on any atom is 0.262 e. The number of sulfonamides is 1. The van der Waals surface area contributed by atoms with Crippen molar-refractivity contribution < 1.29 is 22.7 Å². The molecule has 3 aromatic rings. The second-order valence-corrected chi connectivity index (χ2v) is 9.45. The lowest BCUT2D eigenvalue weighted by Crippen LogP contribution is -2.17. The number of nitrogens with one attached hydrogen (secondary N) is 2. The second kappa shape index (κ2) is 10.5. The third-order valence-electron chi connectivity index (χ3n) is 4.86. The van der Waals surface area contributed by atoms with Crippen molar-refractivity contribution in [3.05, 3.63) is 83.4 Å². The Bertz CT molecular complexity index is 1240. The van der Waals surface area contributed by atoms with E-state index in [9.17, 15) is 13.2 Å². The summed E-state index contributed by atoms with van der Waals surface area (Å²) in [7, 11) is -2.49. The fourth-order valence-corrected chi connectivity index (χ4v) is 4.51. The van der Waals surface area contributed by atoms with Gasteiger partial charge in [-0.05, 0) is 68.3 Å². The monoisotopic (exact) mass is 468 g/mol. The van der Waals surface area contributed by atoms with Gasteiger partial charge in [0, 0.05) is 11.3 Å². The van der Waals surface area contributed by atoms with E-state index in [4.69, 9.17) is 9.47 Å². The zero-order chi connectivity index (χ0) is 24.0. The van der Waals surface area contributed by atoms with Crippen molar-refractivity contribution in [3.63, 3.8) is 0 Å². The minimum absolute atomic E-state index is 0.0140. The summed E-state index contributed by atoms with van der Waals surface area (Å²) in [5, 5.41) is 2.82. The minimum atomic E-state index is -3.95. The van der Waals surface area contributed by atoms with Crippen LogP contribution in [0.2, 0.25) is 0 Å². The standard InChI is InChI=1S/C25H28N2O5S/c1-17(2)32-16-19-8-7-9-21(14-19)26-25(28)20-13-12-18(3)24(15-20)33(29,30)27-22-10-5-6-11-23(22)31-4/h5-15,17,27H,16H2,1-4H3,(H,26,28). The number of rotatable bonds is 9. The van der Waals surface area contributed by atoms with Gasteiger partial charge in [-0.25, -0.2) is 8.42 Å². The molecule has 2 N–H and O–H groups in total. The van der Waals surface area contributed by atoms with Gasteiger partial charge in [0.05, 0.1) is 30.4 Å². The first-order valence-corrected chi connectivity index (χ1v) is 12.0. The molecule has 0 fully saturated rings. The summed E-state index contributed by atoms with van der Waals surface area (Å²) in [5.41, 5.74) is 2.58. The topological polar surface area (TPSA) is 93.7 Å². The van der Waals surface area contributed by atoms with Crippen LogP contribution in [0.25, 0.3) is 0 Å². The zero-order valence-electron chi connectivity index (χ0n) is 19.1. The summed E-state index contributed by atoms with van der Waals surface area (Å²) in [6.07, 6.45) is 0.0978. The number of hydrogen-bond acceptors (Lipinski definition) is 5. The van der Waals surface area contributed by atoms with E-state index in [0.29, 0.717) is 29.3 Å². The predicted octanol–water partition coefficient (Wildman–Crippen LogP) is 4.98. The fourth-order valence-electron chi connectivity index (χ4n) is 3.16. The van der Waals surface area contributed by atoms with E-state index in [-0.39, 0.29) is 16.6 Å². The molecule has 0 atom stereocenters. The molecule has 0 spiro atoms. The van der Waals surface area contributed by atoms with Gasteiger partial charge in [-0.3, -0.25) is 9.52 Å². The summed E-state index contributed by atoms with van der Waals surface area (Å²) < 4.78 is 39.5. The smallest absolute Gasteiger partial charge is 0.262 e. The lowest BCUT2D eigenvalue weighted by atomic mass is 10.1. The van der Waals surface area contributed by atoms with E-state index in [1.165, 1.54) is 13.2 Å². The molecule has 1 amide bonds. The number of hydrogen-bond donors (Lipinski definition) is 2. The van der Waals surface area contributed by atoms with Crippen LogP contribution >= 0.6 is 0 Å². The maximum absolute atomic E-state index is 13.1. The summed E-state index contributed by atoms with van der Waals surface area (Å²) >= 11 is 0. The SMILES string of the molecule is COc1ccccc1NS(=O)(=O)c1cc(C(=O)Nc2cccc(COC(C)C)c2)ccc1C. The van der Waals surface area contributed by atoms with Crippen LogP contribution in [-0.4, -0.2) is 27.5 Å². The van der Waals surface area contributed by atoms with Gasteiger partial charge in [0.15, 0.2) is 0 Å². The Morgan fingerprint density at radius 1 is 1.00 bits per heavy atom. The van der Waals surface area contributed by atoms with E-state index >= 15 is 0 Å². The third-order valence-corrected chi connectivity index (χ3v) is 6.37. The molecular formula is C25H28N2O5S. The lowest BCUT2D eigenvalue weighted by molar-refractivity contribution is 0.0657. The average Bonchev–Trinajstić information content (AvgIpc) is 2.78. The van der Waals surface area contributed by atoms with Gasteiger partial charge < -0.3 is 14.8 Å². The summed E-state index contributed by atoms with van der Waals surface area (Å²) in [4.78, 5) is 12.9. The molecule has 0 saturated carbocycles. The number of benzene rings is 3. The molecule has 0 aromatic heterocycles. The van der Waals surface area contributed by atoms with Gasteiger partial charge in [0.25, 0.3) is 15.9 Å². The number of aryl methyl sites for hydroxylation is 1. The van der Waals surface area contributed by atoms with Gasteiger partial charge >= 0.3 is 0 Å². The van der Waals surface area contributed by atoms with Crippen LogP contribution in [0.5, 0.6) is 5.75 Å². The number of para-hydroxylation sites is 2. The highest BCUT2D eigenvalue weighted by Crippen LogP contribution is 2.27. The van der Waals surface area contributed by atoms with Gasteiger partial charge in [-0.1, -0.05) is 30.3 Å². The van der Waals surface area contributed by atoms with Crippen molar-refractivity contribution in [2.75, 3.05) is 17.1 Å². The van der Waals surface area contributed by atoms with Crippen LogP contribution in [0.4, 0.5) is 11.4 Å². The highest BCUT2D eigenvalue weighted by Gasteiger charge is 2.21. The molecule has 33 heavy (non-hydrogen) atoms. The molecule has 0 unspecified atom stereocenters. The Morgan fingerprint density at radius 3 is 2.48 bits per heavy atom. The predicted molar refractivity (Wildman–Crippen MR) is 129 cm³/mol. The Hall–Kier alpha value is -3.36. The highest BCUT2D eigenvalue weighted by atomic mass is 32.2. The molecule has 0 radical (unpaired) electrons. The first kappa shape index (κ1) is 24.3. The summed E-state index contributed by atoms with van der Waals surface area (Å²) in [6.45, 7) is 6.02. The van der Waals surface area contributed by atoms with Crippen LogP contribution in [0.15, 0.2) is 71.6 Å². The number of methoxy groups -OCH3 is 1. The number of carbonyl (C=O) groups is 1. The van der Waals surface area contributed by atoms with E-state index in [0.717, 1.165) is 5.56 Å². The van der Waals surface area contributed by atoms with Gasteiger partial charge in [0.1, 0.15) is 5.75 Å². The van der Waals surface area contributed by atoms with Crippen molar-refractivity contribution in [1.82, 2.24) is 0 Å². The summed E-state index contributed by atoms with van der Waals surface area (Å²) in [6, 6.07) is 18.6. The summed E-state index contributed by atoms with van der Waals surface area (Å²) in [5.74, 6) is -0.0142. The number of anilines is 2. The third kappa shape index (κ3) is 6.34. The van der Waals surface area contributed by atoms with Crippen LogP contribution in [-0.2, 0) is 21.4 Å². The van der Waals surface area contributed by atoms with Crippen LogP contribution < -0.4 is 14.8 Å². The van der Waals surface area contributed by atoms with E-state index < -0.39 is 15.9 Å². The average molecular weight is 469 g/mol. The molecule has 0 saturated heterocycles. The van der Waals surface area contributed by atoms with Gasteiger partial charge in [-0.2, -0.15) is 0 Å². The van der Waals surface area contributed by atoms with Crippen molar-refractivity contribution >= 4 is 27.3 Å². The van der Waals surface area contributed by atoms with E-state index in [2.05, 4.69) is 10.0 Å². The van der Waals surface area contributed by atoms with Crippen LogP contribution in [0.1, 0.15) is 35.3 Å². The first-order valence-electron chi connectivity index (χ1n) is 10.5.